The fraction of sp³-hybridized carbons (Fsp3) is 0.364. The minimum absolute atomic E-state index is 0.0244. The van der Waals surface area contributed by atoms with E-state index in [9.17, 15) is 9.59 Å². The van der Waals surface area contributed by atoms with Gasteiger partial charge < -0.3 is 30.6 Å². The van der Waals surface area contributed by atoms with Crippen LogP contribution in [0, 0.1) is 13.8 Å². The van der Waals surface area contributed by atoms with Crippen molar-refractivity contribution in [3.05, 3.63) is 41.2 Å². The molecule has 0 aliphatic carbocycles. The maximum absolute atomic E-state index is 13.1. The Hall–Kier alpha value is -3.66. The Bertz CT molecular complexity index is 1170. The number of carbonyl (C=O) groups is 2. The third-order valence-electron chi connectivity index (χ3n) is 5.58. The van der Waals surface area contributed by atoms with E-state index in [1.165, 1.54) is 0 Å². The monoisotopic (exact) mass is 437 g/mol. The quantitative estimate of drug-likeness (QED) is 0.534. The Morgan fingerprint density at radius 2 is 1.97 bits per heavy atom. The molecule has 0 unspecified atom stereocenters. The molecule has 1 fully saturated rings. The highest BCUT2D eigenvalue weighted by molar-refractivity contribution is 6.04. The van der Waals surface area contributed by atoms with Crippen molar-refractivity contribution in [1.82, 2.24) is 15.0 Å². The fourth-order valence-electron chi connectivity index (χ4n) is 3.69. The third kappa shape index (κ3) is 4.50. The van der Waals surface area contributed by atoms with Gasteiger partial charge in [0, 0.05) is 48.5 Å². The molecule has 3 heterocycles. The smallest absolute Gasteiger partial charge is 0.274 e. The number of carbonyl (C=O) groups excluding carboxylic acids is 2. The van der Waals surface area contributed by atoms with E-state index in [1.807, 2.05) is 36.9 Å². The molecule has 2 amide bonds. The first-order chi connectivity index (χ1) is 15.3. The van der Waals surface area contributed by atoms with E-state index in [2.05, 4.69) is 20.3 Å². The van der Waals surface area contributed by atoms with Gasteiger partial charge in [-0.15, -0.1) is 0 Å². The van der Waals surface area contributed by atoms with Gasteiger partial charge >= 0.3 is 0 Å². The first-order valence-corrected chi connectivity index (χ1v) is 10.4. The number of H-pyrrole nitrogens is 1. The summed E-state index contributed by atoms with van der Waals surface area (Å²) in [7, 11) is 1.70. The van der Waals surface area contributed by atoms with Crippen LogP contribution in [-0.4, -0.2) is 66.7 Å². The van der Waals surface area contributed by atoms with E-state index < -0.39 is 5.91 Å². The number of nitrogens with zero attached hydrogens (tertiary/aromatic N) is 4. The van der Waals surface area contributed by atoms with Gasteiger partial charge in [-0.3, -0.25) is 9.59 Å². The molecule has 3 aromatic rings. The number of nitrogens with two attached hydrogens (primary N) is 1. The van der Waals surface area contributed by atoms with Crippen LogP contribution in [-0.2, 0) is 9.53 Å². The van der Waals surface area contributed by atoms with Gasteiger partial charge in [-0.05, 0) is 37.6 Å². The van der Waals surface area contributed by atoms with Crippen molar-refractivity contribution in [2.45, 2.75) is 13.8 Å². The highest BCUT2D eigenvalue weighted by Gasteiger charge is 2.20. The molecule has 10 heteroatoms. The number of primary amides is 1. The standard InChI is InChI=1S/C22H27N7O3/c1-13-14(2)24-17-5-4-15(10-16(13)17)25-21(31)18-11-20(28(3)12-19(23)30)27-22(26-18)29-6-8-32-9-7-29/h4-5,10-11,24H,6-9,12H2,1-3H3,(H2,23,30)(H,25,31). The SMILES string of the molecule is Cc1[nH]c2ccc(NC(=O)c3cc(N(C)CC(N)=O)nc(N4CCOCC4)n3)cc2c1C. The number of likely N-dealkylation sites (N-methyl/N-ethyl adjacent to an activating group) is 1. The number of morpholine rings is 1. The molecule has 0 radical (unpaired) electrons. The van der Waals surface area contributed by atoms with Crippen LogP contribution in [0.2, 0.25) is 0 Å². The zero-order chi connectivity index (χ0) is 22.8. The highest BCUT2D eigenvalue weighted by Crippen LogP contribution is 2.25. The number of rotatable bonds is 6. The van der Waals surface area contributed by atoms with Crippen molar-refractivity contribution in [2.24, 2.45) is 5.73 Å². The van der Waals surface area contributed by atoms with Crippen LogP contribution in [0.4, 0.5) is 17.5 Å². The second kappa shape index (κ2) is 8.83. The van der Waals surface area contributed by atoms with Crippen LogP contribution in [0.15, 0.2) is 24.3 Å². The summed E-state index contributed by atoms with van der Waals surface area (Å²) in [6.45, 7) is 6.39. The molecule has 4 N–H and O–H groups in total. The van der Waals surface area contributed by atoms with Crippen LogP contribution in [0.3, 0.4) is 0 Å². The van der Waals surface area contributed by atoms with Crippen molar-refractivity contribution in [2.75, 3.05) is 55.0 Å². The van der Waals surface area contributed by atoms with E-state index in [-0.39, 0.29) is 18.1 Å². The molecular formula is C22H27N7O3. The van der Waals surface area contributed by atoms with E-state index in [0.29, 0.717) is 43.8 Å². The molecular weight excluding hydrogens is 410 g/mol. The second-order valence-corrected chi connectivity index (χ2v) is 7.92. The van der Waals surface area contributed by atoms with E-state index >= 15 is 0 Å². The van der Waals surface area contributed by atoms with Gasteiger partial charge in [0.05, 0.1) is 19.8 Å². The highest BCUT2D eigenvalue weighted by atomic mass is 16.5. The lowest BCUT2D eigenvalue weighted by Crippen LogP contribution is -2.38. The first kappa shape index (κ1) is 21.6. The fourth-order valence-corrected chi connectivity index (χ4v) is 3.69. The lowest BCUT2D eigenvalue weighted by Gasteiger charge is -2.28. The van der Waals surface area contributed by atoms with Crippen LogP contribution < -0.4 is 20.9 Å². The number of hydrogen-bond donors (Lipinski definition) is 3. The molecule has 0 spiro atoms. The van der Waals surface area contributed by atoms with E-state index in [4.69, 9.17) is 10.5 Å². The van der Waals surface area contributed by atoms with Crippen molar-refractivity contribution >= 4 is 40.2 Å². The lowest BCUT2D eigenvalue weighted by molar-refractivity contribution is -0.116. The average Bonchev–Trinajstić information content (AvgIpc) is 3.07. The lowest BCUT2D eigenvalue weighted by atomic mass is 10.1. The van der Waals surface area contributed by atoms with Crippen molar-refractivity contribution in [3.8, 4) is 0 Å². The second-order valence-electron chi connectivity index (χ2n) is 7.92. The predicted molar refractivity (Wildman–Crippen MR) is 123 cm³/mol. The number of fused-ring (bicyclic) bond motifs is 1. The maximum atomic E-state index is 13.1. The summed E-state index contributed by atoms with van der Waals surface area (Å²) in [6.07, 6.45) is 0. The number of amides is 2. The van der Waals surface area contributed by atoms with Crippen molar-refractivity contribution in [1.29, 1.82) is 0 Å². The summed E-state index contributed by atoms with van der Waals surface area (Å²) >= 11 is 0. The summed E-state index contributed by atoms with van der Waals surface area (Å²) in [5.41, 5.74) is 9.47. The number of ether oxygens (including phenoxy) is 1. The zero-order valence-corrected chi connectivity index (χ0v) is 18.4. The summed E-state index contributed by atoms with van der Waals surface area (Å²) < 4.78 is 5.40. The molecule has 32 heavy (non-hydrogen) atoms. The molecule has 1 aromatic carbocycles. The molecule has 1 saturated heterocycles. The van der Waals surface area contributed by atoms with Gasteiger partial charge in [-0.1, -0.05) is 0 Å². The third-order valence-corrected chi connectivity index (χ3v) is 5.58. The minimum atomic E-state index is -0.490. The molecule has 2 aromatic heterocycles. The summed E-state index contributed by atoms with van der Waals surface area (Å²) in [5.74, 6) is 0.00761. The van der Waals surface area contributed by atoms with Crippen LogP contribution >= 0.6 is 0 Å². The minimum Gasteiger partial charge on any atom is -0.378 e. The molecule has 0 atom stereocenters. The molecule has 168 valence electrons. The van der Waals surface area contributed by atoms with Gasteiger partial charge in [0.2, 0.25) is 11.9 Å². The number of benzene rings is 1. The number of aryl methyl sites for hydroxylation is 2. The Labute approximate surface area is 185 Å². The summed E-state index contributed by atoms with van der Waals surface area (Å²) in [4.78, 5) is 40.4. The molecule has 0 bridgehead atoms. The Morgan fingerprint density at radius 1 is 1.22 bits per heavy atom. The Balaban J connectivity index is 1.65. The average molecular weight is 438 g/mol. The topological polar surface area (TPSA) is 129 Å². The number of aromatic nitrogens is 3. The largest absolute Gasteiger partial charge is 0.378 e. The first-order valence-electron chi connectivity index (χ1n) is 10.4. The van der Waals surface area contributed by atoms with Gasteiger partial charge in [0.15, 0.2) is 0 Å². The molecule has 0 saturated carbocycles. The normalized spacial score (nSPS) is 13.9. The molecule has 10 nitrogen and oxygen atoms in total. The molecule has 1 aliphatic heterocycles. The maximum Gasteiger partial charge on any atom is 0.274 e. The molecule has 1 aliphatic rings. The van der Waals surface area contributed by atoms with Crippen molar-refractivity contribution in [3.63, 3.8) is 0 Å². The summed E-state index contributed by atoms with van der Waals surface area (Å²) in [5, 5.41) is 3.98. The van der Waals surface area contributed by atoms with Gasteiger partial charge in [0.1, 0.15) is 11.5 Å². The number of hydrogen-bond acceptors (Lipinski definition) is 7. The van der Waals surface area contributed by atoms with Gasteiger partial charge in [-0.25, -0.2) is 4.98 Å². The van der Waals surface area contributed by atoms with E-state index in [1.54, 1.807) is 18.0 Å². The number of anilines is 3. The van der Waals surface area contributed by atoms with E-state index in [0.717, 1.165) is 22.2 Å². The predicted octanol–water partition coefficient (Wildman–Crippen LogP) is 1.59. The Morgan fingerprint density at radius 3 is 2.69 bits per heavy atom. The zero-order valence-electron chi connectivity index (χ0n) is 18.4. The Kier molecular flexibility index (Phi) is 5.95. The number of aromatic amines is 1. The molecule has 4 rings (SSSR count). The van der Waals surface area contributed by atoms with Gasteiger partial charge in [0.25, 0.3) is 5.91 Å². The van der Waals surface area contributed by atoms with Crippen LogP contribution in [0.5, 0.6) is 0 Å². The summed E-state index contributed by atoms with van der Waals surface area (Å²) in [6, 6.07) is 7.29. The van der Waals surface area contributed by atoms with Crippen LogP contribution in [0.25, 0.3) is 10.9 Å². The van der Waals surface area contributed by atoms with Crippen molar-refractivity contribution < 1.29 is 14.3 Å². The number of nitrogens with one attached hydrogen (secondary N) is 2. The van der Waals surface area contributed by atoms with Crippen LogP contribution in [0.1, 0.15) is 21.7 Å². The van der Waals surface area contributed by atoms with Gasteiger partial charge in [-0.2, -0.15) is 4.98 Å².